The lowest BCUT2D eigenvalue weighted by Crippen LogP contribution is -2.58. The van der Waals surface area contributed by atoms with Crippen LogP contribution >= 0.6 is 11.6 Å². The SMILES string of the molecule is COc1cccc(CN2C(=O)CN(Cc3ccccc3Cl)C(=O)[C@@H]2C)c1. The molecule has 0 aliphatic carbocycles. The first-order valence-electron chi connectivity index (χ1n) is 8.44. The second kappa shape index (κ2) is 7.79. The maximum absolute atomic E-state index is 12.8. The third-order valence-electron chi connectivity index (χ3n) is 4.59. The lowest BCUT2D eigenvalue weighted by molar-refractivity contribution is -0.156. The van der Waals surface area contributed by atoms with Gasteiger partial charge in [0.1, 0.15) is 18.3 Å². The van der Waals surface area contributed by atoms with Gasteiger partial charge in [-0.1, -0.05) is 41.9 Å². The normalized spacial score (nSPS) is 17.6. The van der Waals surface area contributed by atoms with Gasteiger partial charge >= 0.3 is 0 Å². The van der Waals surface area contributed by atoms with Crippen molar-refractivity contribution in [3.63, 3.8) is 0 Å². The van der Waals surface area contributed by atoms with E-state index in [-0.39, 0.29) is 18.4 Å². The van der Waals surface area contributed by atoms with Crippen molar-refractivity contribution in [3.05, 3.63) is 64.7 Å². The topological polar surface area (TPSA) is 49.9 Å². The Kier molecular flexibility index (Phi) is 5.47. The highest BCUT2D eigenvalue weighted by atomic mass is 35.5. The van der Waals surface area contributed by atoms with Crippen molar-refractivity contribution in [3.8, 4) is 5.75 Å². The predicted octanol–water partition coefficient (Wildman–Crippen LogP) is 3.11. The summed E-state index contributed by atoms with van der Waals surface area (Å²) in [6.45, 7) is 2.53. The third kappa shape index (κ3) is 3.83. The van der Waals surface area contributed by atoms with Gasteiger partial charge in [0.25, 0.3) is 0 Å². The Bertz CT molecular complexity index is 824. The molecule has 1 fully saturated rings. The molecular formula is C20H21ClN2O3. The molecule has 1 saturated heterocycles. The highest BCUT2D eigenvalue weighted by Gasteiger charge is 2.36. The van der Waals surface area contributed by atoms with Crippen molar-refractivity contribution >= 4 is 23.4 Å². The Morgan fingerprint density at radius 1 is 1.12 bits per heavy atom. The first kappa shape index (κ1) is 18.3. The molecule has 0 radical (unpaired) electrons. The number of amides is 2. The zero-order valence-corrected chi connectivity index (χ0v) is 15.6. The molecule has 1 atom stereocenters. The van der Waals surface area contributed by atoms with Crippen molar-refractivity contribution in [2.45, 2.75) is 26.1 Å². The summed E-state index contributed by atoms with van der Waals surface area (Å²) >= 11 is 6.18. The Labute approximate surface area is 158 Å². The van der Waals surface area contributed by atoms with Crippen LogP contribution < -0.4 is 4.74 Å². The van der Waals surface area contributed by atoms with Crippen LogP contribution in [0.2, 0.25) is 5.02 Å². The molecule has 2 amide bonds. The molecular weight excluding hydrogens is 352 g/mol. The highest BCUT2D eigenvalue weighted by molar-refractivity contribution is 6.31. The molecule has 0 unspecified atom stereocenters. The van der Waals surface area contributed by atoms with Crippen molar-refractivity contribution in [2.75, 3.05) is 13.7 Å². The molecule has 0 N–H and O–H groups in total. The average molecular weight is 373 g/mol. The predicted molar refractivity (Wildman–Crippen MR) is 99.9 cm³/mol. The molecule has 6 heteroatoms. The van der Waals surface area contributed by atoms with Crippen LogP contribution in [-0.4, -0.2) is 41.3 Å². The van der Waals surface area contributed by atoms with E-state index in [0.717, 1.165) is 16.9 Å². The third-order valence-corrected chi connectivity index (χ3v) is 4.96. The Morgan fingerprint density at radius 2 is 1.88 bits per heavy atom. The average Bonchev–Trinajstić information content (AvgIpc) is 2.65. The van der Waals surface area contributed by atoms with Gasteiger partial charge in [0.15, 0.2) is 0 Å². The quantitative estimate of drug-likeness (QED) is 0.810. The van der Waals surface area contributed by atoms with E-state index in [1.807, 2.05) is 42.5 Å². The number of nitrogens with zero attached hydrogens (tertiary/aromatic N) is 2. The largest absolute Gasteiger partial charge is 0.497 e. The fourth-order valence-electron chi connectivity index (χ4n) is 3.10. The second-order valence-corrected chi connectivity index (χ2v) is 6.74. The van der Waals surface area contributed by atoms with Gasteiger partial charge in [0, 0.05) is 18.1 Å². The van der Waals surface area contributed by atoms with E-state index in [9.17, 15) is 9.59 Å². The second-order valence-electron chi connectivity index (χ2n) is 6.33. The van der Waals surface area contributed by atoms with Crippen molar-refractivity contribution < 1.29 is 14.3 Å². The number of carbonyl (C=O) groups excluding carboxylic acids is 2. The molecule has 136 valence electrons. The van der Waals surface area contributed by atoms with Gasteiger partial charge in [-0.3, -0.25) is 9.59 Å². The van der Waals surface area contributed by atoms with Gasteiger partial charge in [-0.2, -0.15) is 0 Å². The molecule has 1 aliphatic heterocycles. The smallest absolute Gasteiger partial charge is 0.245 e. The standard InChI is InChI=1S/C20H21ClN2O3/c1-14-20(25)22(12-16-7-3-4-9-18(16)21)13-19(24)23(14)11-15-6-5-8-17(10-15)26-2/h3-10,14H,11-13H2,1-2H3/t14-/m0/s1. The number of piperazine rings is 1. The van der Waals surface area contributed by atoms with Gasteiger partial charge in [0.05, 0.1) is 7.11 Å². The summed E-state index contributed by atoms with van der Waals surface area (Å²) in [7, 11) is 1.60. The minimum absolute atomic E-state index is 0.0539. The number of ether oxygens (including phenoxy) is 1. The van der Waals surface area contributed by atoms with Gasteiger partial charge in [0.2, 0.25) is 11.8 Å². The van der Waals surface area contributed by atoms with Crippen LogP contribution in [0.3, 0.4) is 0 Å². The number of hydrogen-bond donors (Lipinski definition) is 0. The summed E-state index contributed by atoms with van der Waals surface area (Å²) < 4.78 is 5.22. The highest BCUT2D eigenvalue weighted by Crippen LogP contribution is 2.22. The Hall–Kier alpha value is -2.53. The van der Waals surface area contributed by atoms with Crippen LogP contribution in [0.15, 0.2) is 48.5 Å². The van der Waals surface area contributed by atoms with Crippen LogP contribution in [0.5, 0.6) is 5.75 Å². The van der Waals surface area contributed by atoms with E-state index in [2.05, 4.69) is 0 Å². The number of methoxy groups -OCH3 is 1. The number of hydrogen-bond acceptors (Lipinski definition) is 3. The summed E-state index contributed by atoms with van der Waals surface area (Å²) in [5.74, 6) is 0.575. The Morgan fingerprint density at radius 3 is 2.62 bits per heavy atom. The van der Waals surface area contributed by atoms with E-state index in [1.54, 1.807) is 29.9 Å². The molecule has 3 rings (SSSR count). The zero-order chi connectivity index (χ0) is 18.7. The van der Waals surface area contributed by atoms with Crippen molar-refractivity contribution in [1.82, 2.24) is 9.80 Å². The van der Waals surface area contributed by atoms with E-state index in [0.29, 0.717) is 18.1 Å². The maximum Gasteiger partial charge on any atom is 0.245 e. The van der Waals surface area contributed by atoms with Crippen LogP contribution in [0.4, 0.5) is 0 Å². The number of carbonyl (C=O) groups is 2. The van der Waals surface area contributed by atoms with Crippen molar-refractivity contribution in [2.24, 2.45) is 0 Å². The number of halogens is 1. The van der Waals surface area contributed by atoms with Crippen LogP contribution in [0, 0.1) is 0 Å². The number of benzene rings is 2. The molecule has 2 aromatic carbocycles. The van der Waals surface area contributed by atoms with E-state index in [4.69, 9.17) is 16.3 Å². The molecule has 0 aromatic heterocycles. The van der Waals surface area contributed by atoms with Crippen LogP contribution in [0.25, 0.3) is 0 Å². The summed E-state index contributed by atoms with van der Waals surface area (Å²) in [6.07, 6.45) is 0. The molecule has 0 spiro atoms. The Balaban J connectivity index is 1.73. The van der Waals surface area contributed by atoms with E-state index >= 15 is 0 Å². The van der Waals surface area contributed by atoms with Crippen molar-refractivity contribution in [1.29, 1.82) is 0 Å². The van der Waals surface area contributed by atoms with Gasteiger partial charge in [-0.05, 0) is 36.2 Å². The minimum atomic E-state index is -0.523. The first-order chi connectivity index (χ1) is 12.5. The van der Waals surface area contributed by atoms with Gasteiger partial charge in [-0.15, -0.1) is 0 Å². The van der Waals surface area contributed by atoms with Gasteiger partial charge in [-0.25, -0.2) is 0 Å². The maximum atomic E-state index is 12.8. The first-order valence-corrected chi connectivity index (χ1v) is 8.82. The summed E-state index contributed by atoms with van der Waals surface area (Å²) in [4.78, 5) is 28.6. The monoisotopic (exact) mass is 372 g/mol. The lowest BCUT2D eigenvalue weighted by Gasteiger charge is -2.39. The summed E-state index contributed by atoms with van der Waals surface area (Å²) in [5, 5.41) is 0.596. The molecule has 0 saturated carbocycles. The molecule has 1 heterocycles. The molecule has 0 bridgehead atoms. The van der Waals surface area contributed by atoms with E-state index in [1.165, 1.54) is 0 Å². The molecule has 5 nitrogen and oxygen atoms in total. The fraction of sp³-hybridized carbons (Fsp3) is 0.300. The molecule has 1 aliphatic rings. The number of rotatable bonds is 5. The zero-order valence-electron chi connectivity index (χ0n) is 14.8. The fourth-order valence-corrected chi connectivity index (χ4v) is 3.30. The van der Waals surface area contributed by atoms with E-state index < -0.39 is 6.04 Å². The lowest BCUT2D eigenvalue weighted by atomic mass is 10.1. The minimum Gasteiger partial charge on any atom is -0.497 e. The van der Waals surface area contributed by atoms with Gasteiger partial charge < -0.3 is 14.5 Å². The van der Waals surface area contributed by atoms with Crippen LogP contribution in [0.1, 0.15) is 18.1 Å². The summed E-state index contributed by atoms with van der Waals surface area (Å²) in [5.41, 5.74) is 1.76. The van der Waals surface area contributed by atoms with Crippen LogP contribution in [-0.2, 0) is 22.7 Å². The molecule has 2 aromatic rings. The summed E-state index contributed by atoms with van der Waals surface area (Å²) in [6, 6.07) is 14.4. The molecule has 26 heavy (non-hydrogen) atoms.